The second-order valence-electron chi connectivity index (χ2n) is 5.86. The Morgan fingerprint density at radius 2 is 1.96 bits per heavy atom. The predicted molar refractivity (Wildman–Crippen MR) is 99.5 cm³/mol. The average molecular weight is 350 g/mol. The normalized spacial score (nSPS) is 12.9. The number of nitrogens with one attached hydrogen (secondary N) is 1. The summed E-state index contributed by atoms with van der Waals surface area (Å²) in [5.41, 5.74) is 2.29. The molecule has 0 radical (unpaired) electrons. The number of fused-ring (bicyclic) bond motifs is 1. The van der Waals surface area contributed by atoms with Gasteiger partial charge in [0.2, 0.25) is 5.95 Å². The second kappa shape index (κ2) is 7.03. The molecule has 3 heterocycles. The van der Waals surface area contributed by atoms with Crippen molar-refractivity contribution in [3.05, 3.63) is 70.2 Å². The summed E-state index contributed by atoms with van der Waals surface area (Å²) < 4.78 is 0. The predicted octanol–water partition coefficient (Wildman–Crippen LogP) is 3.20. The van der Waals surface area contributed by atoms with Crippen LogP contribution in [0.2, 0.25) is 0 Å². The van der Waals surface area contributed by atoms with Crippen LogP contribution in [0.15, 0.2) is 54.9 Å². The van der Waals surface area contributed by atoms with Crippen molar-refractivity contribution in [1.29, 1.82) is 0 Å². The van der Waals surface area contributed by atoms with E-state index in [0.29, 0.717) is 12.5 Å². The molecule has 0 unspecified atom stereocenters. The molecule has 0 bridgehead atoms. The Labute approximate surface area is 150 Å². The zero-order valence-electron chi connectivity index (χ0n) is 13.7. The minimum Gasteiger partial charge on any atom is -0.351 e. The summed E-state index contributed by atoms with van der Waals surface area (Å²) in [7, 11) is 0. The van der Waals surface area contributed by atoms with Gasteiger partial charge in [-0.2, -0.15) is 0 Å². The highest BCUT2D eigenvalue weighted by Crippen LogP contribution is 2.38. The summed E-state index contributed by atoms with van der Waals surface area (Å²) in [6.45, 7) is 1.50. The van der Waals surface area contributed by atoms with Crippen LogP contribution >= 0.6 is 11.3 Å². The Hall–Kier alpha value is -2.73. The van der Waals surface area contributed by atoms with Gasteiger partial charge in [-0.1, -0.05) is 30.3 Å². The molecule has 1 amide bonds. The van der Waals surface area contributed by atoms with Crippen molar-refractivity contribution < 1.29 is 4.79 Å². The number of anilines is 2. The lowest BCUT2D eigenvalue weighted by molar-refractivity contribution is 0.0958. The molecule has 1 aromatic carbocycles. The van der Waals surface area contributed by atoms with Crippen molar-refractivity contribution in [2.24, 2.45) is 0 Å². The van der Waals surface area contributed by atoms with Crippen LogP contribution in [0, 0.1) is 0 Å². The van der Waals surface area contributed by atoms with Gasteiger partial charge in [0.05, 0.1) is 10.6 Å². The first-order valence-electron chi connectivity index (χ1n) is 8.30. The Balaban J connectivity index is 1.42. The lowest BCUT2D eigenvalue weighted by Gasteiger charge is -2.15. The van der Waals surface area contributed by atoms with Crippen molar-refractivity contribution in [2.75, 3.05) is 18.0 Å². The molecule has 5 nitrogen and oxygen atoms in total. The van der Waals surface area contributed by atoms with Gasteiger partial charge in [0.15, 0.2) is 0 Å². The van der Waals surface area contributed by atoms with Gasteiger partial charge in [-0.25, -0.2) is 9.97 Å². The molecule has 4 rings (SSSR count). The van der Waals surface area contributed by atoms with Crippen LogP contribution in [0.4, 0.5) is 11.6 Å². The van der Waals surface area contributed by atoms with Crippen molar-refractivity contribution in [1.82, 2.24) is 15.3 Å². The van der Waals surface area contributed by atoms with E-state index < -0.39 is 0 Å². The number of rotatable bonds is 5. The Bertz CT molecular complexity index is 864. The number of amides is 1. The van der Waals surface area contributed by atoms with E-state index in [2.05, 4.69) is 32.3 Å². The van der Waals surface area contributed by atoms with Crippen molar-refractivity contribution in [2.45, 2.75) is 12.8 Å². The first kappa shape index (κ1) is 15.8. The number of nitrogens with zero attached hydrogens (tertiary/aromatic N) is 3. The van der Waals surface area contributed by atoms with Gasteiger partial charge in [-0.15, -0.1) is 11.3 Å². The zero-order chi connectivity index (χ0) is 17.1. The number of carbonyl (C=O) groups is 1. The molecule has 3 aromatic rings. The molecular formula is C19H18N4OS. The molecule has 1 aliphatic heterocycles. The van der Waals surface area contributed by atoms with Crippen LogP contribution in [0.1, 0.15) is 20.1 Å². The summed E-state index contributed by atoms with van der Waals surface area (Å²) in [5, 5.41) is 3.01. The molecular weight excluding hydrogens is 332 g/mol. The highest BCUT2D eigenvalue weighted by Gasteiger charge is 2.26. The molecule has 0 spiro atoms. The van der Waals surface area contributed by atoms with Crippen LogP contribution in [-0.4, -0.2) is 29.0 Å². The lowest BCUT2D eigenvalue weighted by atomic mass is 10.1. The Morgan fingerprint density at radius 3 is 2.76 bits per heavy atom. The van der Waals surface area contributed by atoms with Crippen molar-refractivity contribution in [3.8, 4) is 0 Å². The van der Waals surface area contributed by atoms with E-state index in [-0.39, 0.29) is 5.91 Å². The molecule has 0 fully saturated rings. The van der Waals surface area contributed by atoms with Crippen molar-refractivity contribution >= 4 is 28.9 Å². The topological polar surface area (TPSA) is 58.1 Å². The molecule has 0 saturated carbocycles. The largest absolute Gasteiger partial charge is 0.351 e. The summed E-state index contributed by atoms with van der Waals surface area (Å²) in [6, 6.07) is 13.9. The third-order valence-corrected chi connectivity index (χ3v) is 5.38. The maximum atomic E-state index is 12.4. The fraction of sp³-hybridized carbons (Fsp3) is 0.211. The summed E-state index contributed by atoms with van der Waals surface area (Å²) >= 11 is 1.57. The monoisotopic (exact) mass is 350 g/mol. The van der Waals surface area contributed by atoms with E-state index in [9.17, 15) is 4.79 Å². The van der Waals surface area contributed by atoms with Gasteiger partial charge in [-0.3, -0.25) is 4.79 Å². The molecule has 126 valence electrons. The average Bonchev–Trinajstić information content (AvgIpc) is 3.24. The molecule has 1 N–H and O–H groups in total. The molecule has 2 aromatic heterocycles. The van der Waals surface area contributed by atoms with Crippen molar-refractivity contribution in [3.63, 3.8) is 0 Å². The number of carbonyl (C=O) groups excluding carboxylic acids is 1. The van der Waals surface area contributed by atoms with Gasteiger partial charge in [0, 0.05) is 36.8 Å². The molecule has 0 saturated heterocycles. The quantitative estimate of drug-likeness (QED) is 0.768. The highest BCUT2D eigenvalue weighted by molar-refractivity contribution is 7.14. The van der Waals surface area contributed by atoms with E-state index >= 15 is 0 Å². The smallest absolute Gasteiger partial charge is 0.261 e. The molecule has 0 aliphatic carbocycles. The van der Waals surface area contributed by atoms with Gasteiger partial charge >= 0.3 is 0 Å². The molecule has 0 atom stereocenters. The molecule has 1 aliphatic rings. The minimum absolute atomic E-state index is 0.00994. The van der Waals surface area contributed by atoms with Gasteiger partial charge in [0.25, 0.3) is 5.91 Å². The zero-order valence-corrected chi connectivity index (χ0v) is 14.5. The minimum atomic E-state index is -0.00994. The van der Waals surface area contributed by atoms with Gasteiger partial charge in [0.1, 0.15) is 0 Å². The van der Waals surface area contributed by atoms with Gasteiger partial charge < -0.3 is 10.2 Å². The molecule has 25 heavy (non-hydrogen) atoms. The highest BCUT2D eigenvalue weighted by atomic mass is 32.1. The standard InChI is InChI=1S/C19H18N4OS/c24-18(20-11-7-14-5-2-1-3-6-14)17-13-15-16(25-17)8-12-23(15)19-21-9-4-10-22-19/h1-6,9-10,13H,7-8,11-12H2,(H,20,24). The van der Waals surface area contributed by atoms with Gasteiger partial charge in [-0.05, 0) is 24.1 Å². The summed E-state index contributed by atoms with van der Waals surface area (Å²) in [5.74, 6) is 0.680. The van der Waals surface area contributed by atoms with E-state index in [4.69, 9.17) is 0 Å². The van der Waals surface area contributed by atoms with E-state index in [1.807, 2.05) is 24.3 Å². The fourth-order valence-corrected chi connectivity index (χ4v) is 4.03. The summed E-state index contributed by atoms with van der Waals surface area (Å²) in [6.07, 6.45) is 5.24. The first-order chi connectivity index (χ1) is 12.3. The van der Waals surface area contributed by atoms with Crippen LogP contribution in [0.5, 0.6) is 0 Å². The maximum Gasteiger partial charge on any atom is 0.261 e. The third-order valence-electron chi connectivity index (χ3n) is 4.20. The van der Waals surface area contributed by atoms with E-state index in [0.717, 1.165) is 30.0 Å². The number of hydrogen-bond donors (Lipinski definition) is 1. The third kappa shape index (κ3) is 3.39. The number of benzene rings is 1. The first-order valence-corrected chi connectivity index (χ1v) is 9.12. The Kier molecular flexibility index (Phi) is 4.43. The van der Waals surface area contributed by atoms with E-state index in [1.54, 1.807) is 29.8 Å². The number of aromatic nitrogens is 2. The fourth-order valence-electron chi connectivity index (χ4n) is 2.96. The van der Waals surface area contributed by atoms with Crippen LogP contribution in [0.25, 0.3) is 0 Å². The Morgan fingerprint density at radius 1 is 1.16 bits per heavy atom. The van der Waals surface area contributed by atoms with Crippen LogP contribution < -0.4 is 10.2 Å². The SMILES string of the molecule is O=C(NCCc1ccccc1)c1cc2c(s1)CCN2c1ncccn1. The summed E-state index contributed by atoms with van der Waals surface area (Å²) in [4.78, 5) is 25.1. The molecule has 6 heteroatoms. The maximum absolute atomic E-state index is 12.4. The van der Waals surface area contributed by atoms with Crippen LogP contribution in [-0.2, 0) is 12.8 Å². The second-order valence-corrected chi connectivity index (χ2v) is 7.00. The van der Waals surface area contributed by atoms with E-state index in [1.165, 1.54) is 10.4 Å². The van der Waals surface area contributed by atoms with Crippen LogP contribution in [0.3, 0.4) is 0 Å². The number of thiophene rings is 1. The number of hydrogen-bond acceptors (Lipinski definition) is 5. The lowest BCUT2D eigenvalue weighted by Crippen LogP contribution is -2.25.